The van der Waals surface area contributed by atoms with Gasteiger partial charge in [0.05, 0.1) is 0 Å². The predicted molar refractivity (Wildman–Crippen MR) is 88.3 cm³/mol. The SMILES string of the molecule is Cc1cc(F)ccc1NC(C)c1ccc(C(C)(C)C)cc1. The van der Waals surface area contributed by atoms with Gasteiger partial charge in [-0.1, -0.05) is 45.0 Å². The van der Waals surface area contributed by atoms with Crippen LogP contribution in [0, 0.1) is 12.7 Å². The molecule has 0 aromatic heterocycles. The highest BCUT2D eigenvalue weighted by atomic mass is 19.1. The van der Waals surface area contributed by atoms with E-state index < -0.39 is 0 Å². The summed E-state index contributed by atoms with van der Waals surface area (Å²) in [6.07, 6.45) is 0. The minimum atomic E-state index is -0.194. The van der Waals surface area contributed by atoms with Crippen LogP contribution in [0.5, 0.6) is 0 Å². The van der Waals surface area contributed by atoms with Crippen LogP contribution in [-0.4, -0.2) is 0 Å². The predicted octanol–water partition coefficient (Wildman–Crippen LogP) is 5.60. The molecule has 2 heteroatoms. The van der Waals surface area contributed by atoms with E-state index in [1.807, 2.05) is 6.92 Å². The Morgan fingerprint density at radius 3 is 2.14 bits per heavy atom. The molecule has 0 heterocycles. The summed E-state index contributed by atoms with van der Waals surface area (Å²) in [6, 6.07) is 13.7. The van der Waals surface area contributed by atoms with Gasteiger partial charge in [0.1, 0.15) is 5.82 Å². The molecule has 1 atom stereocenters. The van der Waals surface area contributed by atoms with Crippen LogP contribution in [0.25, 0.3) is 0 Å². The Kier molecular flexibility index (Phi) is 4.36. The molecule has 0 fully saturated rings. The summed E-state index contributed by atoms with van der Waals surface area (Å²) in [7, 11) is 0. The normalized spacial score (nSPS) is 13.0. The monoisotopic (exact) mass is 285 g/mol. The molecule has 0 aliphatic rings. The van der Waals surface area contributed by atoms with Gasteiger partial charge in [0.25, 0.3) is 0 Å². The zero-order valence-corrected chi connectivity index (χ0v) is 13.5. The highest BCUT2D eigenvalue weighted by Gasteiger charge is 2.14. The molecule has 0 saturated heterocycles. The standard InChI is InChI=1S/C19H24FN/c1-13-12-17(20)10-11-18(13)21-14(2)15-6-8-16(9-7-15)19(3,4)5/h6-12,14,21H,1-5H3. The van der Waals surface area contributed by atoms with Gasteiger partial charge < -0.3 is 5.32 Å². The summed E-state index contributed by atoms with van der Waals surface area (Å²) in [5.74, 6) is -0.194. The van der Waals surface area contributed by atoms with Crippen LogP contribution in [0.1, 0.15) is 50.4 Å². The van der Waals surface area contributed by atoms with E-state index in [1.165, 1.54) is 17.2 Å². The minimum Gasteiger partial charge on any atom is -0.378 e. The lowest BCUT2D eigenvalue weighted by molar-refractivity contribution is 0.589. The molecule has 0 spiro atoms. The quantitative estimate of drug-likeness (QED) is 0.773. The number of hydrogen-bond donors (Lipinski definition) is 1. The van der Waals surface area contributed by atoms with Crippen molar-refractivity contribution in [2.45, 2.75) is 46.1 Å². The van der Waals surface area contributed by atoms with Crippen LogP contribution in [-0.2, 0) is 5.41 Å². The Morgan fingerprint density at radius 1 is 1.00 bits per heavy atom. The van der Waals surface area contributed by atoms with Crippen molar-refractivity contribution < 1.29 is 4.39 Å². The van der Waals surface area contributed by atoms with Crippen molar-refractivity contribution in [1.82, 2.24) is 0 Å². The summed E-state index contributed by atoms with van der Waals surface area (Å²) < 4.78 is 13.1. The molecule has 0 radical (unpaired) electrons. The molecule has 2 aromatic carbocycles. The van der Waals surface area contributed by atoms with Crippen molar-refractivity contribution in [3.63, 3.8) is 0 Å². The van der Waals surface area contributed by atoms with Crippen LogP contribution < -0.4 is 5.32 Å². The van der Waals surface area contributed by atoms with Gasteiger partial charge in [-0.05, 0) is 54.2 Å². The zero-order valence-electron chi connectivity index (χ0n) is 13.5. The largest absolute Gasteiger partial charge is 0.378 e. The fraction of sp³-hybridized carbons (Fsp3) is 0.368. The second-order valence-electron chi connectivity index (χ2n) is 6.70. The van der Waals surface area contributed by atoms with E-state index in [9.17, 15) is 4.39 Å². The van der Waals surface area contributed by atoms with Gasteiger partial charge in [-0.2, -0.15) is 0 Å². The lowest BCUT2D eigenvalue weighted by atomic mass is 9.86. The highest BCUT2D eigenvalue weighted by Crippen LogP contribution is 2.26. The van der Waals surface area contributed by atoms with Gasteiger partial charge in [0, 0.05) is 11.7 Å². The molecular weight excluding hydrogens is 261 g/mol. The summed E-state index contributed by atoms with van der Waals surface area (Å²) in [5, 5.41) is 3.45. The van der Waals surface area contributed by atoms with E-state index in [-0.39, 0.29) is 17.3 Å². The Bertz CT molecular complexity index is 608. The first-order valence-corrected chi connectivity index (χ1v) is 7.40. The van der Waals surface area contributed by atoms with Crippen LogP contribution in [0.3, 0.4) is 0 Å². The van der Waals surface area contributed by atoms with Crippen LogP contribution >= 0.6 is 0 Å². The van der Waals surface area contributed by atoms with E-state index in [1.54, 1.807) is 12.1 Å². The molecule has 2 aromatic rings. The van der Waals surface area contributed by atoms with E-state index in [0.29, 0.717) is 0 Å². The molecule has 21 heavy (non-hydrogen) atoms. The van der Waals surface area contributed by atoms with Gasteiger partial charge in [0.15, 0.2) is 0 Å². The Balaban J connectivity index is 2.15. The van der Waals surface area contributed by atoms with E-state index in [2.05, 4.69) is 57.3 Å². The molecule has 0 amide bonds. The molecule has 0 bridgehead atoms. The van der Waals surface area contributed by atoms with Gasteiger partial charge in [-0.15, -0.1) is 0 Å². The van der Waals surface area contributed by atoms with Crippen molar-refractivity contribution in [1.29, 1.82) is 0 Å². The highest BCUT2D eigenvalue weighted by molar-refractivity contribution is 5.52. The molecule has 1 unspecified atom stereocenters. The van der Waals surface area contributed by atoms with Crippen LogP contribution in [0.15, 0.2) is 42.5 Å². The fourth-order valence-electron chi connectivity index (χ4n) is 2.38. The maximum absolute atomic E-state index is 13.1. The maximum Gasteiger partial charge on any atom is 0.123 e. The number of benzene rings is 2. The lowest BCUT2D eigenvalue weighted by Crippen LogP contribution is -2.12. The van der Waals surface area contributed by atoms with Gasteiger partial charge in [0.2, 0.25) is 0 Å². The molecule has 1 N–H and O–H groups in total. The Morgan fingerprint density at radius 2 is 1.62 bits per heavy atom. The van der Waals surface area contributed by atoms with Crippen LogP contribution in [0.4, 0.5) is 10.1 Å². The van der Waals surface area contributed by atoms with Crippen molar-refractivity contribution >= 4 is 5.69 Å². The third-order valence-corrected chi connectivity index (χ3v) is 3.84. The van der Waals surface area contributed by atoms with Crippen LogP contribution in [0.2, 0.25) is 0 Å². The molecule has 0 aliphatic heterocycles. The van der Waals surface area contributed by atoms with E-state index in [4.69, 9.17) is 0 Å². The molecule has 112 valence electrons. The Labute approximate surface area is 127 Å². The first-order chi connectivity index (χ1) is 9.77. The van der Waals surface area contributed by atoms with Crippen molar-refractivity contribution in [3.05, 3.63) is 65.0 Å². The second kappa shape index (κ2) is 5.88. The number of halogens is 1. The van der Waals surface area contributed by atoms with Gasteiger partial charge in [-0.3, -0.25) is 0 Å². The summed E-state index contributed by atoms with van der Waals surface area (Å²) in [4.78, 5) is 0. The minimum absolute atomic E-state index is 0.169. The first kappa shape index (κ1) is 15.6. The van der Waals surface area contributed by atoms with E-state index >= 15 is 0 Å². The van der Waals surface area contributed by atoms with Gasteiger partial charge >= 0.3 is 0 Å². The summed E-state index contributed by atoms with van der Waals surface area (Å²) >= 11 is 0. The number of anilines is 1. The smallest absolute Gasteiger partial charge is 0.123 e. The topological polar surface area (TPSA) is 12.0 Å². The molecule has 1 nitrogen and oxygen atoms in total. The zero-order chi connectivity index (χ0) is 15.6. The maximum atomic E-state index is 13.1. The number of rotatable bonds is 3. The second-order valence-corrected chi connectivity index (χ2v) is 6.70. The third-order valence-electron chi connectivity index (χ3n) is 3.84. The molecule has 0 saturated carbocycles. The Hall–Kier alpha value is -1.83. The van der Waals surface area contributed by atoms with Crippen molar-refractivity contribution in [2.75, 3.05) is 5.32 Å². The third kappa shape index (κ3) is 3.84. The molecular formula is C19H24FN. The average Bonchev–Trinajstić information content (AvgIpc) is 2.41. The summed E-state index contributed by atoms with van der Waals surface area (Å²) in [6.45, 7) is 10.7. The van der Waals surface area contributed by atoms with Gasteiger partial charge in [-0.25, -0.2) is 4.39 Å². The summed E-state index contributed by atoms with van der Waals surface area (Å²) in [5.41, 5.74) is 4.63. The number of hydrogen-bond acceptors (Lipinski definition) is 1. The average molecular weight is 285 g/mol. The molecule has 0 aliphatic carbocycles. The van der Waals surface area contributed by atoms with Crippen molar-refractivity contribution in [2.24, 2.45) is 0 Å². The lowest BCUT2D eigenvalue weighted by Gasteiger charge is -2.21. The fourth-order valence-corrected chi connectivity index (χ4v) is 2.38. The first-order valence-electron chi connectivity index (χ1n) is 7.40. The van der Waals surface area contributed by atoms with Crippen molar-refractivity contribution in [3.8, 4) is 0 Å². The molecule has 2 rings (SSSR count). The number of nitrogens with one attached hydrogen (secondary N) is 1. The van der Waals surface area contributed by atoms with E-state index in [0.717, 1.165) is 11.3 Å². The number of aryl methyl sites for hydroxylation is 1.